The number of carbonyl (C=O) groups excluding carboxylic acids is 1. The second kappa shape index (κ2) is 9.03. The van der Waals surface area contributed by atoms with Gasteiger partial charge in [-0.15, -0.1) is 0 Å². The highest BCUT2D eigenvalue weighted by molar-refractivity contribution is 5.93. The number of hydrogen-bond donors (Lipinski definition) is 3. The Morgan fingerprint density at radius 2 is 2.20 bits per heavy atom. The maximum Gasteiger partial charge on any atom is 0.321 e. The topological polar surface area (TPSA) is 91.3 Å². The van der Waals surface area contributed by atoms with Gasteiger partial charge in [-0.05, 0) is 25.1 Å². The van der Waals surface area contributed by atoms with Crippen LogP contribution in [0.3, 0.4) is 0 Å². The number of nitrogens with one attached hydrogen (secondary N) is 2. The first-order chi connectivity index (χ1) is 9.63. The van der Waals surface area contributed by atoms with E-state index in [1.165, 1.54) is 6.20 Å². The summed E-state index contributed by atoms with van der Waals surface area (Å²) in [5.74, 6) is -1.35. The largest absolute Gasteiger partial charge is 0.480 e. The van der Waals surface area contributed by atoms with Gasteiger partial charge >= 0.3 is 5.97 Å². The second-order valence-electron chi connectivity index (χ2n) is 4.55. The summed E-state index contributed by atoms with van der Waals surface area (Å²) in [7, 11) is 0. The van der Waals surface area contributed by atoms with Crippen LogP contribution in [0.5, 0.6) is 0 Å². The predicted molar refractivity (Wildman–Crippen MR) is 76.4 cm³/mol. The van der Waals surface area contributed by atoms with E-state index < -0.39 is 12.0 Å². The number of aromatic nitrogens is 1. The summed E-state index contributed by atoms with van der Waals surface area (Å²) in [6, 6.07) is 2.55. The fraction of sp³-hybridized carbons (Fsp3) is 0.500. The number of rotatable bonds is 9. The van der Waals surface area contributed by atoms with Crippen molar-refractivity contribution >= 4 is 17.6 Å². The second-order valence-corrected chi connectivity index (χ2v) is 4.55. The van der Waals surface area contributed by atoms with E-state index >= 15 is 0 Å². The standard InChI is InChI=1S/C14H21N3O3/c1-2-3-4-8-16-12(14(19)20)9-13(18)17-11-6-5-7-15-10-11/h5-7,10,12,16H,2-4,8-9H2,1H3,(H,17,18)(H,19,20). The molecule has 0 bridgehead atoms. The number of hydrogen-bond acceptors (Lipinski definition) is 4. The minimum Gasteiger partial charge on any atom is -0.480 e. The third kappa shape index (κ3) is 6.29. The molecule has 6 heteroatoms. The Morgan fingerprint density at radius 1 is 1.40 bits per heavy atom. The molecule has 0 spiro atoms. The Kier molecular flexibility index (Phi) is 7.27. The van der Waals surface area contributed by atoms with Crippen molar-refractivity contribution < 1.29 is 14.7 Å². The van der Waals surface area contributed by atoms with E-state index in [1.807, 2.05) is 0 Å². The zero-order valence-electron chi connectivity index (χ0n) is 11.6. The summed E-state index contributed by atoms with van der Waals surface area (Å²) in [6.45, 7) is 2.68. The molecule has 1 heterocycles. The summed E-state index contributed by atoms with van der Waals surface area (Å²) in [5.41, 5.74) is 0.563. The normalized spacial score (nSPS) is 11.8. The fourth-order valence-corrected chi connectivity index (χ4v) is 1.73. The molecule has 1 rings (SSSR count). The van der Waals surface area contributed by atoms with Crippen LogP contribution in [0.15, 0.2) is 24.5 Å². The number of amides is 1. The van der Waals surface area contributed by atoms with Crippen LogP contribution in [0.2, 0.25) is 0 Å². The van der Waals surface area contributed by atoms with Gasteiger partial charge in [0.25, 0.3) is 0 Å². The van der Waals surface area contributed by atoms with Gasteiger partial charge in [-0.3, -0.25) is 14.6 Å². The lowest BCUT2D eigenvalue weighted by Gasteiger charge is -2.14. The quantitative estimate of drug-likeness (QED) is 0.598. The van der Waals surface area contributed by atoms with Gasteiger partial charge in [0, 0.05) is 6.20 Å². The lowest BCUT2D eigenvalue weighted by molar-refractivity contribution is -0.141. The van der Waals surface area contributed by atoms with E-state index in [9.17, 15) is 9.59 Å². The fourth-order valence-electron chi connectivity index (χ4n) is 1.73. The smallest absolute Gasteiger partial charge is 0.321 e. The maximum absolute atomic E-state index is 11.8. The lowest BCUT2D eigenvalue weighted by atomic mass is 10.1. The molecular formula is C14H21N3O3. The molecule has 1 aromatic rings. The van der Waals surface area contributed by atoms with Gasteiger partial charge in [-0.1, -0.05) is 19.8 Å². The third-order valence-electron chi connectivity index (χ3n) is 2.80. The SMILES string of the molecule is CCCCCNC(CC(=O)Nc1cccnc1)C(=O)O. The minimum absolute atomic E-state index is 0.101. The molecule has 0 aliphatic rings. The summed E-state index contributed by atoms with van der Waals surface area (Å²) in [4.78, 5) is 26.7. The average Bonchev–Trinajstić information content (AvgIpc) is 2.43. The van der Waals surface area contributed by atoms with E-state index in [4.69, 9.17) is 5.11 Å². The van der Waals surface area contributed by atoms with Crippen LogP contribution < -0.4 is 10.6 Å². The molecule has 1 aromatic heterocycles. The number of nitrogens with zero attached hydrogens (tertiary/aromatic N) is 1. The molecule has 0 aliphatic carbocycles. The van der Waals surface area contributed by atoms with Crippen molar-refractivity contribution in [3.8, 4) is 0 Å². The van der Waals surface area contributed by atoms with Crippen LogP contribution in [-0.4, -0.2) is 34.6 Å². The van der Waals surface area contributed by atoms with Crippen LogP contribution in [-0.2, 0) is 9.59 Å². The van der Waals surface area contributed by atoms with Crippen molar-refractivity contribution in [1.82, 2.24) is 10.3 Å². The number of unbranched alkanes of at least 4 members (excludes halogenated alkanes) is 2. The summed E-state index contributed by atoms with van der Waals surface area (Å²) in [5, 5.41) is 14.6. The van der Waals surface area contributed by atoms with Crippen molar-refractivity contribution in [2.24, 2.45) is 0 Å². The highest BCUT2D eigenvalue weighted by atomic mass is 16.4. The molecule has 0 aromatic carbocycles. The molecule has 0 saturated carbocycles. The van der Waals surface area contributed by atoms with Crippen LogP contribution in [0.1, 0.15) is 32.6 Å². The molecule has 110 valence electrons. The number of carboxylic acid groups (broad SMARTS) is 1. The van der Waals surface area contributed by atoms with Crippen molar-refractivity contribution in [3.63, 3.8) is 0 Å². The molecule has 1 unspecified atom stereocenters. The number of anilines is 1. The summed E-state index contributed by atoms with van der Waals surface area (Å²) >= 11 is 0. The van der Waals surface area contributed by atoms with Crippen LogP contribution in [0, 0.1) is 0 Å². The van der Waals surface area contributed by atoms with Crippen molar-refractivity contribution in [1.29, 1.82) is 0 Å². The van der Waals surface area contributed by atoms with E-state index in [0.717, 1.165) is 19.3 Å². The molecular weight excluding hydrogens is 258 g/mol. The molecule has 3 N–H and O–H groups in total. The molecule has 0 fully saturated rings. The first kappa shape index (κ1) is 16.1. The van der Waals surface area contributed by atoms with Gasteiger partial charge in [0.2, 0.25) is 5.91 Å². The Labute approximate surface area is 118 Å². The zero-order valence-corrected chi connectivity index (χ0v) is 11.6. The van der Waals surface area contributed by atoms with Gasteiger partial charge in [-0.2, -0.15) is 0 Å². The molecule has 0 saturated heterocycles. The van der Waals surface area contributed by atoms with E-state index in [0.29, 0.717) is 12.2 Å². The first-order valence-corrected chi connectivity index (χ1v) is 6.79. The number of pyridine rings is 1. The molecule has 6 nitrogen and oxygen atoms in total. The number of carboxylic acids is 1. The number of aliphatic carboxylic acids is 1. The van der Waals surface area contributed by atoms with Crippen molar-refractivity contribution in [3.05, 3.63) is 24.5 Å². The van der Waals surface area contributed by atoms with Crippen LogP contribution >= 0.6 is 0 Å². The monoisotopic (exact) mass is 279 g/mol. The molecule has 0 radical (unpaired) electrons. The predicted octanol–water partition coefficient (Wildman–Crippen LogP) is 1.64. The van der Waals surface area contributed by atoms with Crippen molar-refractivity contribution in [2.45, 2.75) is 38.6 Å². The maximum atomic E-state index is 11.8. The van der Waals surface area contributed by atoms with Gasteiger partial charge in [-0.25, -0.2) is 0 Å². The summed E-state index contributed by atoms with van der Waals surface area (Å²) < 4.78 is 0. The van der Waals surface area contributed by atoms with Crippen LogP contribution in [0.25, 0.3) is 0 Å². The summed E-state index contributed by atoms with van der Waals surface area (Å²) in [6.07, 6.45) is 6.04. The van der Waals surface area contributed by atoms with Gasteiger partial charge < -0.3 is 15.7 Å². The van der Waals surface area contributed by atoms with Gasteiger partial charge in [0.15, 0.2) is 0 Å². The first-order valence-electron chi connectivity index (χ1n) is 6.79. The highest BCUT2D eigenvalue weighted by Gasteiger charge is 2.20. The Morgan fingerprint density at radius 3 is 2.80 bits per heavy atom. The minimum atomic E-state index is -1.01. The Balaban J connectivity index is 2.40. The van der Waals surface area contributed by atoms with Crippen molar-refractivity contribution in [2.75, 3.05) is 11.9 Å². The molecule has 20 heavy (non-hydrogen) atoms. The number of carbonyl (C=O) groups is 2. The van der Waals surface area contributed by atoms with Crippen LogP contribution in [0.4, 0.5) is 5.69 Å². The average molecular weight is 279 g/mol. The van der Waals surface area contributed by atoms with E-state index in [-0.39, 0.29) is 12.3 Å². The molecule has 0 aliphatic heterocycles. The highest BCUT2D eigenvalue weighted by Crippen LogP contribution is 2.05. The van der Waals surface area contributed by atoms with E-state index in [1.54, 1.807) is 18.3 Å². The van der Waals surface area contributed by atoms with Gasteiger partial charge in [0.1, 0.15) is 6.04 Å². The third-order valence-corrected chi connectivity index (χ3v) is 2.80. The molecule has 1 atom stereocenters. The van der Waals surface area contributed by atoms with Gasteiger partial charge in [0.05, 0.1) is 18.3 Å². The Bertz CT molecular complexity index is 423. The molecule has 1 amide bonds. The Hall–Kier alpha value is -1.95. The zero-order chi connectivity index (χ0) is 14.8. The lowest BCUT2D eigenvalue weighted by Crippen LogP contribution is -2.40. The van der Waals surface area contributed by atoms with E-state index in [2.05, 4.69) is 22.5 Å².